The van der Waals surface area contributed by atoms with Crippen LogP contribution in [0.1, 0.15) is 53.7 Å². The lowest BCUT2D eigenvalue weighted by Gasteiger charge is -2.39. The molecule has 0 N–H and O–H groups in total. The lowest BCUT2D eigenvalue weighted by Crippen LogP contribution is -2.32. The summed E-state index contributed by atoms with van der Waals surface area (Å²) in [7, 11) is 0. The third kappa shape index (κ3) is 2.07. The van der Waals surface area contributed by atoms with Crippen molar-refractivity contribution in [3.63, 3.8) is 0 Å². The average molecular weight is 349 g/mol. The van der Waals surface area contributed by atoms with Crippen molar-refractivity contribution in [3.05, 3.63) is 56.2 Å². The Morgan fingerprint density at radius 1 is 1.05 bits per heavy atom. The van der Waals surface area contributed by atoms with Gasteiger partial charge in [-0.25, -0.2) is 0 Å². The topological polar surface area (TPSA) is 9.23 Å². The molecule has 3 atom stereocenters. The van der Waals surface area contributed by atoms with Gasteiger partial charge in [-0.2, -0.15) is 0 Å². The molecule has 2 aliphatic rings. The van der Waals surface area contributed by atoms with Crippen molar-refractivity contribution in [2.75, 3.05) is 0 Å². The highest BCUT2D eigenvalue weighted by molar-refractivity contribution is 9.10. The van der Waals surface area contributed by atoms with Gasteiger partial charge in [0.2, 0.25) is 0 Å². The van der Waals surface area contributed by atoms with E-state index in [4.69, 9.17) is 4.74 Å². The number of thiophene rings is 1. The van der Waals surface area contributed by atoms with Gasteiger partial charge in [-0.15, -0.1) is 11.3 Å². The highest BCUT2D eigenvalue weighted by Crippen LogP contribution is 2.49. The van der Waals surface area contributed by atoms with Crippen LogP contribution in [0.2, 0.25) is 0 Å². The van der Waals surface area contributed by atoms with E-state index in [0.29, 0.717) is 12.0 Å². The van der Waals surface area contributed by atoms with Crippen LogP contribution >= 0.6 is 27.3 Å². The monoisotopic (exact) mass is 348 g/mol. The maximum Gasteiger partial charge on any atom is 0.110 e. The molecular weight excluding hydrogens is 332 g/mol. The standard InChI is InChI=1S/C17H17BrOS/c18-14-7-3-1-5-11(14)16-13-9-10-20-17(13)12-6-2-4-8-15(12)19-16/h1,3,5,7,9-10,12,15-16H,2,4,6,8H2. The van der Waals surface area contributed by atoms with Gasteiger partial charge in [-0.05, 0) is 41.5 Å². The maximum atomic E-state index is 6.52. The van der Waals surface area contributed by atoms with E-state index in [1.165, 1.54) is 36.8 Å². The molecule has 1 fully saturated rings. The lowest BCUT2D eigenvalue weighted by molar-refractivity contribution is -0.0376. The van der Waals surface area contributed by atoms with Crippen molar-refractivity contribution < 1.29 is 4.74 Å². The second-order valence-corrected chi connectivity index (χ2v) is 7.51. The van der Waals surface area contributed by atoms with Gasteiger partial charge in [-0.1, -0.05) is 47.0 Å². The largest absolute Gasteiger partial charge is 0.365 e. The van der Waals surface area contributed by atoms with Crippen LogP contribution in [-0.2, 0) is 4.74 Å². The molecule has 1 aromatic carbocycles. The fourth-order valence-electron chi connectivity index (χ4n) is 3.59. The summed E-state index contributed by atoms with van der Waals surface area (Å²) in [4.78, 5) is 1.57. The summed E-state index contributed by atoms with van der Waals surface area (Å²) in [6.45, 7) is 0. The second-order valence-electron chi connectivity index (χ2n) is 5.71. The predicted molar refractivity (Wildman–Crippen MR) is 86.4 cm³/mol. The number of hydrogen-bond donors (Lipinski definition) is 0. The number of ether oxygens (including phenoxy) is 1. The van der Waals surface area contributed by atoms with Gasteiger partial charge in [0.05, 0.1) is 6.10 Å². The molecular formula is C17H17BrOS. The van der Waals surface area contributed by atoms with Crippen LogP contribution in [-0.4, -0.2) is 6.10 Å². The van der Waals surface area contributed by atoms with Crippen molar-refractivity contribution in [2.45, 2.75) is 43.8 Å². The molecule has 0 bridgehead atoms. The molecule has 3 heteroatoms. The van der Waals surface area contributed by atoms with Crippen LogP contribution in [0.4, 0.5) is 0 Å². The van der Waals surface area contributed by atoms with Gasteiger partial charge in [0.25, 0.3) is 0 Å². The summed E-state index contributed by atoms with van der Waals surface area (Å²) >= 11 is 5.60. The molecule has 1 aromatic heterocycles. The molecule has 1 saturated carbocycles. The Labute approximate surface area is 132 Å². The molecule has 3 unspecified atom stereocenters. The minimum Gasteiger partial charge on any atom is -0.365 e. The number of hydrogen-bond acceptors (Lipinski definition) is 2. The van der Waals surface area contributed by atoms with E-state index >= 15 is 0 Å². The van der Waals surface area contributed by atoms with E-state index in [1.807, 2.05) is 11.3 Å². The Morgan fingerprint density at radius 2 is 1.90 bits per heavy atom. The van der Waals surface area contributed by atoms with Crippen LogP contribution < -0.4 is 0 Å². The zero-order valence-electron chi connectivity index (χ0n) is 11.2. The summed E-state index contributed by atoms with van der Waals surface area (Å²) < 4.78 is 7.67. The Kier molecular flexibility index (Phi) is 3.45. The minimum atomic E-state index is 0.103. The van der Waals surface area contributed by atoms with E-state index in [2.05, 4.69) is 51.6 Å². The molecule has 1 nitrogen and oxygen atoms in total. The van der Waals surface area contributed by atoms with E-state index in [-0.39, 0.29) is 6.10 Å². The summed E-state index contributed by atoms with van der Waals surface area (Å²) in [6.07, 6.45) is 5.67. The van der Waals surface area contributed by atoms with Gasteiger partial charge in [0, 0.05) is 15.3 Å². The van der Waals surface area contributed by atoms with E-state index in [9.17, 15) is 0 Å². The maximum absolute atomic E-state index is 6.52. The number of halogens is 1. The SMILES string of the molecule is Brc1ccccc1C1OC2CCCCC2c2sccc21. The summed E-state index contributed by atoms with van der Waals surface area (Å²) in [6, 6.07) is 10.7. The Morgan fingerprint density at radius 3 is 2.80 bits per heavy atom. The van der Waals surface area contributed by atoms with E-state index in [1.54, 1.807) is 4.88 Å². The van der Waals surface area contributed by atoms with E-state index < -0.39 is 0 Å². The molecule has 2 heterocycles. The molecule has 1 aliphatic carbocycles. The Bertz CT molecular complexity index is 621. The number of rotatable bonds is 1. The van der Waals surface area contributed by atoms with Crippen molar-refractivity contribution in [1.82, 2.24) is 0 Å². The molecule has 0 spiro atoms. The predicted octanol–water partition coefficient (Wildman–Crippen LogP) is 5.66. The lowest BCUT2D eigenvalue weighted by atomic mass is 9.80. The first kappa shape index (κ1) is 13.1. The molecule has 4 rings (SSSR count). The molecule has 2 aromatic rings. The Balaban J connectivity index is 1.80. The first-order chi connectivity index (χ1) is 9.84. The molecule has 1 aliphatic heterocycles. The fourth-order valence-corrected chi connectivity index (χ4v) is 5.19. The van der Waals surface area contributed by atoms with Gasteiger partial charge < -0.3 is 4.74 Å². The molecule has 0 amide bonds. The summed E-state index contributed by atoms with van der Waals surface area (Å²) in [5.41, 5.74) is 2.65. The number of benzene rings is 1. The molecule has 0 radical (unpaired) electrons. The van der Waals surface area contributed by atoms with Crippen LogP contribution in [0.5, 0.6) is 0 Å². The quantitative estimate of drug-likeness (QED) is 0.646. The Hall–Kier alpha value is -0.640. The van der Waals surface area contributed by atoms with Crippen molar-refractivity contribution in [1.29, 1.82) is 0 Å². The zero-order chi connectivity index (χ0) is 13.5. The van der Waals surface area contributed by atoms with Crippen LogP contribution in [0.15, 0.2) is 40.2 Å². The third-order valence-corrected chi connectivity index (χ3v) is 6.33. The van der Waals surface area contributed by atoms with Crippen LogP contribution in [0, 0.1) is 0 Å². The van der Waals surface area contributed by atoms with E-state index in [0.717, 1.165) is 4.47 Å². The third-order valence-electron chi connectivity index (χ3n) is 4.55. The van der Waals surface area contributed by atoms with Crippen LogP contribution in [0.25, 0.3) is 0 Å². The van der Waals surface area contributed by atoms with Gasteiger partial charge in [0.15, 0.2) is 0 Å². The fraction of sp³-hybridized carbons (Fsp3) is 0.412. The van der Waals surface area contributed by atoms with Gasteiger partial charge in [0.1, 0.15) is 6.10 Å². The number of fused-ring (bicyclic) bond motifs is 3. The highest BCUT2D eigenvalue weighted by Gasteiger charge is 2.38. The van der Waals surface area contributed by atoms with Gasteiger partial charge >= 0.3 is 0 Å². The first-order valence-corrected chi connectivity index (χ1v) is 8.99. The van der Waals surface area contributed by atoms with Crippen molar-refractivity contribution in [2.24, 2.45) is 0 Å². The van der Waals surface area contributed by atoms with Crippen molar-refractivity contribution in [3.8, 4) is 0 Å². The normalized spacial score (nSPS) is 28.8. The first-order valence-electron chi connectivity index (χ1n) is 7.32. The molecule has 104 valence electrons. The summed E-state index contributed by atoms with van der Waals surface area (Å²) in [5.74, 6) is 0.637. The average Bonchev–Trinajstić information content (AvgIpc) is 2.97. The highest BCUT2D eigenvalue weighted by atomic mass is 79.9. The minimum absolute atomic E-state index is 0.103. The summed E-state index contributed by atoms with van der Waals surface area (Å²) in [5, 5.41) is 2.23. The van der Waals surface area contributed by atoms with Crippen molar-refractivity contribution >= 4 is 27.3 Å². The smallest absolute Gasteiger partial charge is 0.110 e. The second kappa shape index (κ2) is 5.28. The molecule has 20 heavy (non-hydrogen) atoms. The van der Waals surface area contributed by atoms with Crippen LogP contribution in [0.3, 0.4) is 0 Å². The zero-order valence-corrected chi connectivity index (χ0v) is 13.6. The van der Waals surface area contributed by atoms with Gasteiger partial charge in [-0.3, -0.25) is 0 Å². The molecule has 0 saturated heterocycles.